The maximum Gasteiger partial charge on any atom is 0.305 e. The molecule has 0 heterocycles. The van der Waals surface area contributed by atoms with Crippen LogP contribution in [-0.2, 0) is 9.53 Å². The van der Waals surface area contributed by atoms with Crippen molar-refractivity contribution in [1.29, 1.82) is 0 Å². The topological polar surface area (TPSA) is 43.4 Å². The van der Waals surface area contributed by atoms with Gasteiger partial charge in [0.25, 0.3) is 0 Å². The molecule has 0 aliphatic rings. The van der Waals surface area contributed by atoms with Gasteiger partial charge in [-0.1, -0.05) is 11.6 Å². The van der Waals surface area contributed by atoms with E-state index in [-0.39, 0.29) is 18.2 Å². The summed E-state index contributed by atoms with van der Waals surface area (Å²) < 4.78 is 5.19. The SMILES string of the molecule is COC(=O)CCCC(=O)c1ccc(Cl)c(Br)c1. The van der Waals surface area contributed by atoms with Crippen LogP contribution in [-0.4, -0.2) is 18.9 Å². The first kappa shape index (κ1) is 14.2. The molecule has 0 fully saturated rings. The average Bonchev–Trinajstić information content (AvgIpc) is 2.32. The Kier molecular flexibility index (Phi) is 5.65. The van der Waals surface area contributed by atoms with Gasteiger partial charge < -0.3 is 4.74 Å². The fraction of sp³-hybridized carbons (Fsp3) is 0.333. The molecule has 0 atom stereocenters. The second-order valence-electron chi connectivity index (χ2n) is 3.48. The van der Waals surface area contributed by atoms with Crippen molar-refractivity contribution in [2.24, 2.45) is 0 Å². The third-order valence-electron chi connectivity index (χ3n) is 2.25. The Hall–Kier alpha value is -0.870. The second-order valence-corrected chi connectivity index (χ2v) is 4.74. The Morgan fingerprint density at radius 1 is 1.35 bits per heavy atom. The fourth-order valence-electron chi connectivity index (χ4n) is 1.31. The predicted octanol–water partition coefficient (Wildman–Crippen LogP) is 3.63. The predicted molar refractivity (Wildman–Crippen MR) is 69.3 cm³/mol. The van der Waals surface area contributed by atoms with Crippen LogP contribution in [0.4, 0.5) is 0 Å². The Morgan fingerprint density at radius 2 is 2.06 bits per heavy atom. The van der Waals surface area contributed by atoms with E-state index in [1.807, 2.05) is 0 Å². The molecule has 17 heavy (non-hydrogen) atoms. The molecule has 0 unspecified atom stereocenters. The van der Waals surface area contributed by atoms with Crippen molar-refractivity contribution in [3.63, 3.8) is 0 Å². The van der Waals surface area contributed by atoms with Crippen LogP contribution in [0.5, 0.6) is 0 Å². The van der Waals surface area contributed by atoms with E-state index in [9.17, 15) is 9.59 Å². The van der Waals surface area contributed by atoms with Crippen LogP contribution < -0.4 is 0 Å². The molecule has 0 bridgehead atoms. The molecule has 1 aromatic rings. The number of hydrogen-bond acceptors (Lipinski definition) is 3. The maximum atomic E-state index is 11.8. The zero-order valence-electron chi connectivity index (χ0n) is 9.33. The number of ketones is 1. The molecular formula is C12H12BrClO3. The minimum Gasteiger partial charge on any atom is -0.469 e. The molecule has 0 radical (unpaired) electrons. The molecule has 0 saturated carbocycles. The molecule has 1 aromatic carbocycles. The number of methoxy groups -OCH3 is 1. The highest BCUT2D eigenvalue weighted by Crippen LogP contribution is 2.24. The number of rotatable bonds is 5. The van der Waals surface area contributed by atoms with E-state index in [4.69, 9.17) is 11.6 Å². The molecule has 5 heteroatoms. The number of esters is 1. The minimum atomic E-state index is -0.296. The molecule has 3 nitrogen and oxygen atoms in total. The number of carbonyl (C=O) groups excluding carboxylic acids is 2. The highest BCUT2D eigenvalue weighted by Gasteiger charge is 2.09. The summed E-state index contributed by atoms with van der Waals surface area (Å²) in [6.07, 6.45) is 1.08. The first-order valence-corrected chi connectivity index (χ1v) is 6.26. The number of carbonyl (C=O) groups is 2. The zero-order valence-corrected chi connectivity index (χ0v) is 11.7. The highest BCUT2D eigenvalue weighted by atomic mass is 79.9. The summed E-state index contributed by atoms with van der Waals surface area (Å²) in [6, 6.07) is 5.02. The van der Waals surface area contributed by atoms with E-state index in [0.717, 1.165) is 0 Å². The monoisotopic (exact) mass is 318 g/mol. The van der Waals surface area contributed by atoms with E-state index in [2.05, 4.69) is 20.7 Å². The van der Waals surface area contributed by atoms with Gasteiger partial charge in [0.2, 0.25) is 0 Å². The lowest BCUT2D eigenvalue weighted by molar-refractivity contribution is -0.140. The lowest BCUT2D eigenvalue weighted by Crippen LogP contribution is -2.03. The molecule has 92 valence electrons. The average molecular weight is 320 g/mol. The standard InChI is InChI=1S/C12H12BrClO3/c1-17-12(16)4-2-3-11(15)8-5-6-10(14)9(13)7-8/h5-7H,2-4H2,1H3. The van der Waals surface area contributed by atoms with Gasteiger partial charge in [-0.05, 0) is 40.5 Å². The Balaban J connectivity index is 2.52. The van der Waals surface area contributed by atoms with Crippen molar-refractivity contribution in [2.45, 2.75) is 19.3 Å². The fourth-order valence-corrected chi connectivity index (χ4v) is 1.81. The van der Waals surface area contributed by atoms with E-state index >= 15 is 0 Å². The summed E-state index contributed by atoms with van der Waals surface area (Å²) in [7, 11) is 1.33. The second kappa shape index (κ2) is 6.77. The first-order chi connectivity index (χ1) is 8.04. The largest absolute Gasteiger partial charge is 0.469 e. The summed E-state index contributed by atoms with van der Waals surface area (Å²) in [5.74, 6) is -0.304. The van der Waals surface area contributed by atoms with Crippen molar-refractivity contribution >= 4 is 39.3 Å². The maximum absolute atomic E-state index is 11.8. The molecule has 0 aliphatic carbocycles. The smallest absolute Gasteiger partial charge is 0.305 e. The first-order valence-electron chi connectivity index (χ1n) is 5.09. The van der Waals surface area contributed by atoms with Crippen LogP contribution in [0.1, 0.15) is 29.6 Å². The summed E-state index contributed by atoms with van der Waals surface area (Å²) in [4.78, 5) is 22.6. The minimum absolute atomic E-state index is 0.00808. The van der Waals surface area contributed by atoms with E-state index in [0.29, 0.717) is 27.9 Å². The van der Waals surface area contributed by atoms with Crippen LogP contribution >= 0.6 is 27.5 Å². The molecule has 0 N–H and O–H groups in total. The van der Waals surface area contributed by atoms with Gasteiger partial charge in [0.15, 0.2) is 5.78 Å². The van der Waals surface area contributed by atoms with Crippen molar-refractivity contribution in [3.05, 3.63) is 33.3 Å². The number of benzene rings is 1. The quantitative estimate of drug-likeness (QED) is 0.615. The van der Waals surface area contributed by atoms with Crippen LogP contribution in [0.25, 0.3) is 0 Å². The van der Waals surface area contributed by atoms with Crippen molar-refractivity contribution in [3.8, 4) is 0 Å². The summed E-state index contributed by atoms with van der Waals surface area (Å²) in [6.45, 7) is 0. The lowest BCUT2D eigenvalue weighted by atomic mass is 10.1. The normalized spacial score (nSPS) is 10.1. The van der Waals surface area contributed by atoms with Gasteiger partial charge >= 0.3 is 5.97 Å². The van der Waals surface area contributed by atoms with Crippen molar-refractivity contribution in [1.82, 2.24) is 0 Å². The van der Waals surface area contributed by atoms with Crippen LogP contribution in [0.15, 0.2) is 22.7 Å². The van der Waals surface area contributed by atoms with Gasteiger partial charge in [0, 0.05) is 22.9 Å². The van der Waals surface area contributed by atoms with Gasteiger partial charge in [0.05, 0.1) is 12.1 Å². The van der Waals surface area contributed by atoms with Gasteiger partial charge in [0.1, 0.15) is 0 Å². The third-order valence-corrected chi connectivity index (χ3v) is 3.47. The van der Waals surface area contributed by atoms with Gasteiger partial charge in [-0.3, -0.25) is 9.59 Å². The molecule has 0 amide bonds. The van der Waals surface area contributed by atoms with E-state index in [1.165, 1.54) is 7.11 Å². The molecule has 0 aliphatic heterocycles. The van der Waals surface area contributed by atoms with Crippen LogP contribution in [0.2, 0.25) is 5.02 Å². The number of ether oxygens (including phenoxy) is 1. The molecule has 0 aromatic heterocycles. The van der Waals surface area contributed by atoms with Crippen molar-refractivity contribution < 1.29 is 14.3 Å². The lowest BCUT2D eigenvalue weighted by Gasteiger charge is -2.02. The van der Waals surface area contributed by atoms with Gasteiger partial charge in [-0.25, -0.2) is 0 Å². The number of hydrogen-bond donors (Lipinski definition) is 0. The number of halogens is 2. The Bertz CT molecular complexity index is 432. The third kappa shape index (κ3) is 4.48. The summed E-state index contributed by atoms with van der Waals surface area (Å²) >= 11 is 9.09. The van der Waals surface area contributed by atoms with Crippen molar-refractivity contribution in [2.75, 3.05) is 7.11 Å². The van der Waals surface area contributed by atoms with E-state index in [1.54, 1.807) is 18.2 Å². The van der Waals surface area contributed by atoms with Crippen LogP contribution in [0, 0.1) is 0 Å². The highest BCUT2D eigenvalue weighted by molar-refractivity contribution is 9.10. The summed E-state index contributed by atoms with van der Waals surface area (Å²) in [5.41, 5.74) is 0.589. The van der Waals surface area contributed by atoms with Gasteiger partial charge in [-0.15, -0.1) is 0 Å². The van der Waals surface area contributed by atoms with E-state index < -0.39 is 0 Å². The number of Topliss-reactive ketones (excluding diaryl/α,β-unsaturated/α-hetero) is 1. The summed E-state index contributed by atoms with van der Waals surface area (Å²) in [5, 5.41) is 0.566. The Morgan fingerprint density at radius 3 is 2.65 bits per heavy atom. The molecule has 0 spiro atoms. The molecular weight excluding hydrogens is 307 g/mol. The molecule has 1 rings (SSSR count). The zero-order chi connectivity index (χ0) is 12.8. The van der Waals surface area contributed by atoms with Crippen LogP contribution in [0.3, 0.4) is 0 Å². The molecule has 0 saturated heterocycles. The van der Waals surface area contributed by atoms with Gasteiger partial charge in [-0.2, -0.15) is 0 Å². The Labute approximate surface area is 113 Å².